The topological polar surface area (TPSA) is 49.4 Å². The summed E-state index contributed by atoms with van der Waals surface area (Å²) in [5.74, 6) is -1.36. The van der Waals surface area contributed by atoms with Gasteiger partial charge in [0.05, 0.1) is 10.9 Å². The van der Waals surface area contributed by atoms with E-state index < -0.39 is 11.7 Å². The number of carbonyl (C=O) groups is 2. The zero-order valence-electron chi connectivity index (χ0n) is 13.1. The molecule has 0 unspecified atom stereocenters. The molecular weight excluding hydrogens is 331 g/mol. The van der Waals surface area contributed by atoms with Gasteiger partial charge in [-0.2, -0.15) is 0 Å². The fourth-order valence-corrected chi connectivity index (χ4v) is 2.93. The lowest BCUT2D eigenvalue weighted by Crippen LogP contribution is -2.28. The van der Waals surface area contributed by atoms with Crippen LogP contribution < -0.4 is 10.2 Å². The Labute approximate surface area is 144 Å². The number of amides is 2. The number of nitrogens with zero attached hydrogens (tertiary/aromatic N) is 1. The second-order valence-electron chi connectivity index (χ2n) is 5.86. The molecule has 24 heavy (non-hydrogen) atoms. The molecule has 2 amide bonds. The predicted octanol–water partition coefficient (Wildman–Crippen LogP) is 3.78. The summed E-state index contributed by atoms with van der Waals surface area (Å²) >= 11 is 5.71. The molecule has 1 aliphatic heterocycles. The number of halogens is 2. The molecule has 3 rings (SSSR count). The van der Waals surface area contributed by atoms with Crippen molar-refractivity contribution in [2.75, 3.05) is 16.8 Å². The van der Waals surface area contributed by atoms with E-state index >= 15 is 0 Å². The van der Waals surface area contributed by atoms with Crippen LogP contribution in [-0.4, -0.2) is 18.4 Å². The highest BCUT2D eigenvalue weighted by Crippen LogP contribution is 2.27. The SMILES string of the molecule is Cc1cccc(N2C[C@@H](C(=O)Nc3ccc(F)c(Cl)c3)CC2=O)c1. The van der Waals surface area contributed by atoms with Gasteiger partial charge in [0.15, 0.2) is 0 Å². The summed E-state index contributed by atoms with van der Waals surface area (Å²) in [5, 5.41) is 2.63. The van der Waals surface area contributed by atoms with Crippen molar-refractivity contribution in [3.05, 3.63) is 58.9 Å². The molecule has 2 aromatic carbocycles. The molecule has 0 aliphatic carbocycles. The first-order chi connectivity index (χ1) is 11.4. The normalized spacial score (nSPS) is 17.2. The molecule has 0 aromatic heterocycles. The Morgan fingerprint density at radius 3 is 2.79 bits per heavy atom. The van der Waals surface area contributed by atoms with Crippen LogP contribution in [0.2, 0.25) is 5.02 Å². The maximum atomic E-state index is 13.2. The first-order valence-corrected chi connectivity index (χ1v) is 7.95. The Bertz CT molecular complexity index is 809. The van der Waals surface area contributed by atoms with E-state index in [0.29, 0.717) is 12.2 Å². The Kier molecular flexibility index (Phi) is 4.53. The second kappa shape index (κ2) is 6.61. The molecule has 1 N–H and O–H groups in total. The smallest absolute Gasteiger partial charge is 0.229 e. The van der Waals surface area contributed by atoms with Crippen molar-refractivity contribution in [1.82, 2.24) is 0 Å². The molecule has 4 nitrogen and oxygen atoms in total. The minimum atomic E-state index is -0.545. The van der Waals surface area contributed by atoms with E-state index in [0.717, 1.165) is 11.3 Å². The summed E-state index contributed by atoms with van der Waals surface area (Å²) in [4.78, 5) is 26.2. The summed E-state index contributed by atoms with van der Waals surface area (Å²) in [6, 6.07) is 11.6. The van der Waals surface area contributed by atoms with Crippen LogP contribution in [0.3, 0.4) is 0 Å². The average Bonchev–Trinajstić information content (AvgIpc) is 2.93. The number of hydrogen-bond acceptors (Lipinski definition) is 2. The Hall–Kier alpha value is -2.40. The highest BCUT2D eigenvalue weighted by atomic mass is 35.5. The van der Waals surface area contributed by atoms with Crippen molar-refractivity contribution in [1.29, 1.82) is 0 Å². The van der Waals surface area contributed by atoms with Crippen LogP contribution in [0.5, 0.6) is 0 Å². The zero-order valence-corrected chi connectivity index (χ0v) is 13.8. The number of benzene rings is 2. The van der Waals surface area contributed by atoms with E-state index in [2.05, 4.69) is 5.32 Å². The third kappa shape index (κ3) is 3.41. The lowest BCUT2D eigenvalue weighted by molar-refractivity contribution is -0.122. The number of anilines is 2. The highest BCUT2D eigenvalue weighted by molar-refractivity contribution is 6.31. The molecule has 1 fully saturated rings. The third-order valence-electron chi connectivity index (χ3n) is 4.00. The van der Waals surface area contributed by atoms with E-state index in [1.807, 2.05) is 31.2 Å². The Morgan fingerprint density at radius 2 is 2.08 bits per heavy atom. The van der Waals surface area contributed by atoms with Crippen LogP contribution in [0, 0.1) is 18.7 Å². The van der Waals surface area contributed by atoms with Gasteiger partial charge in [0.2, 0.25) is 11.8 Å². The number of hydrogen-bond donors (Lipinski definition) is 1. The van der Waals surface area contributed by atoms with Crippen molar-refractivity contribution in [3.8, 4) is 0 Å². The summed E-state index contributed by atoms with van der Waals surface area (Å²) < 4.78 is 13.2. The van der Waals surface area contributed by atoms with Crippen molar-refractivity contribution in [2.45, 2.75) is 13.3 Å². The standard InChI is InChI=1S/C18H16ClFN2O2/c1-11-3-2-4-14(7-11)22-10-12(8-17(22)23)18(24)21-13-5-6-16(20)15(19)9-13/h2-7,9,12H,8,10H2,1H3,(H,21,24)/t12-/m0/s1. The quantitative estimate of drug-likeness (QED) is 0.919. The van der Waals surface area contributed by atoms with Crippen LogP contribution in [-0.2, 0) is 9.59 Å². The molecule has 1 heterocycles. The lowest BCUT2D eigenvalue weighted by atomic mass is 10.1. The van der Waals surface area contributed by atoms with Gasteiger partial charge >= 0.3 is 0 Å². The van der Waals surface area contributed by atoms with Gasteiger partial charge < -0.3 is 10.2 Å². The lowest BCUT2D eigenvalue weighted by Gasteiger charge is -2.17. The van der Waals surface area contributed by atoms with Gasteiger partial charge in [-0.05, 0) is 42.8 Å². The second-order valence-corrected chi connectivity index (χ2v) is 6.27. The average molecular weight is 347 g/mol. The summed E-state index contributed by atoms with van der Waals surface area (Å²) in [6.07, 6.45) is 0.148. The maximum absolute atomic E-state index is 13.2. The minimum Gasteiger partial charge on any atom is -0.326 e. The Balaban J connectivity index is 1.70. The van der Waals surface area contributed by atoms with Crippen LogP contribution >= 0.6 is 11.6 Å². The predicted molar refractivity (Wildman–Crippen MR) is 91.7 cm³/mol. The first kappa shape index (κ1) is 16.5. The van der Waals surface area contributed by atoms with E-state index in [1.165, 1.54) is 18.2 Å². The van der Waals surface area contributed by atoms with Gasteiger partial charge in [-0.15, -0.1) is 0 Å². The minimum absolute atomic E-state index is 0.0586. The number of nitrogens with one attached hydrogen (secondary N) is 1. The fourth-order valence-electron chi connectivity index (χ4n) is 2.75. The van der Waals surface area contributed by atoms with Gasteiger partial charge in [0, 0.05) is 24.3 Å². The number of aryl methyl sites for hydroxylation is 1. The molecule has 124 valence electrons. The van der Waals surface area contributed by atoms with Gasteiger partial charge in [-0.25, -0.2) is 4.39 Å². The molecule has 6 heteroatoms. The summed E-state index contributed by atoms with van der Waals surface area (Å²) in [6.45, 7) is 2.27. The number of rotatable bonds is 3. The summed E-state index contributed by atoms with van der Waals surface area (Å²) in [7, 11) is 0. The molecule has 0 bridgehead atoms. The van der Waals surface area contributed by atoms with Crippen LogP contribution in [0.25, 0.3) is 0 Å². The van der Waals surface area contributed by atoms with Crippen molar-refractivity contribution in [2.24, 2.45) is 5.92 Å². The number of carbonyl (C=O) groups excluding carboxylic acids is 2. The van der Waals surface area contributed by atoms with Crippen molar-refractivity contribution < 1.29 is 14.0 Å². The summed E-state index contributed by atoms with van der Waals surface area (Å²) in [5.41, 5.74) is 2.25. The molecule has 0 spiro atoms. The first-order valence-electron chi connectivity index (χ1n) is 7.57. The molecule has 1 atom stereocenters. The van der Waals surface area contributed by atoms with Gasteiger partial charge in [-0.3, -0.25) is 9.59 Å². The van der Waals surface area contributed by atoms with Crippen molar-refractivity contribution in [3.63, 3.8) is 0 Å². The molecule has 0 saturated carbocycles. The van der Waals surface area contributed by atoms with E-state index in [9.17, 15) is 14.0 Å². The van der Waals surface area contributed by atoms with Crippen molar-refractivity contribution >= 4 is 34.8 Å². The van der Waals surface area contributed by atoms with E-state index in [-0.39, 0.29) is 23.3 Å². The fraction of sp³-hybridized carbons (Fsp3) is 0.222. The largest absolute Gasteiger partial charge is 0.326 e. The molecule has 1 aliphatic rings. The van der Waals surface area contributed by atoms with Gasteiger partial charge in [0.1, 0.15) is 5.82 Å². The Morgan fingerprint density at radius 1 is 1.29 bits per heavy atom. The van der Waals surface area contributed by atoms with Crippen LogP contribution in [0.15, 0.2) is 42.5 Å². The molecule has 0 radical (unpaired) electrons. The van der Waals surface area contributed by atoms with E-state index in [1.54, 1.807) is 4.90 Å². The van der Waals surface area contributed by atoms with Crippen LogP contribution in [0.4, 0.5) is 15.8 Å². The van der Waals surface area contributed by atoms with Crippen LogP contribution in [0.1, 0.15) is 12.0 Å². The third-order valence-corrected chi connectivity index (χ3v) is 4.29. The van der Waals surface area contributed by atoms with E-state index in [4.69, 9.17) is 11.6 Å². The monoisotopic (exact) mass is 346 g/mol. The molecule has 2 aromatic rings. The zero-order chi connectivity index (χ0) is 17.3. The molecular formula is C18H16ClFN2O2. The van der Waals surface area contributed by atoms with Gasteiger partial charge in [0.25, 0.3) is 0 Å². The van der Waals surface area contributed by atoms with Gasteiger partial charge in [-0.1, -0.05) is 23.7 Å². The highest BCUT2D eigenvalue weighted by Gasteiger charge is 2.35. The molecule has 1 saturated heterocycles. The maximum Gasteiger partial charge on any atom is 0.229 e.